The Morgan fingerprint density at radius 3 is 3.10 bits per heavy atom. The minimum absolute atomic E-state index is 0.139. The van der Waals surface area contributed by atoms with E-state index in [1.165, 1.54) is 0 Å². The topological polar surface area (TPSA) is 65.5 Å². The van der Waals surface area contributed by atoms with E-state index in [9.17, 15) is 0 Å². The van der Waals surface area contributed by atoms with Crippen molar-refractivity contribution in [1.82, 2.24) is 14.5 Å². The third kappa shape index (κ3) is 2.44. The van der Waals surface area contributed by atoms with E-state index in [4.69, 9.17) is 15.2 Å². The second-order valence-electron chi connectivity index (χ2n) is 5.19. The largest absolute Gasteiger partial charge is 0.497 e. The van der Waals surface area contributed by atoms with E-state index in [1.54, 1.807) is 7.11 Å². The molecule has 6 nitrogen and oxygen atoms in total. The molecule has 0 amide bonds. The van der Waals surface area contributed by atoms with Gasteiger partial charge in [0.25, 0.3) is 0 Å². The van der Waals surface area contributed by atoms with Crippen molar-refractivity contribution in [1.29, 1.82) is 0 Å². The van der Waals surface area contributed by atoms with Gasteiger partial charge in [-0.1, -0.05) is 0 Å². The van der Waals surface area contributed by atoms with Crippen LogP contribution in [0.25, 0.3) is 11.0 Å². The zero-order chi connectivity index (χ0) is 14.1. The number of nitrogens with zero attached hydrogens (tertiary/aromatic N) is 3. The molecule has 1 aromatic carbocycles. The van der Waals surface area contributed by atoms with Crippen LogP contribution in [0, 0.1) is 0 Å². The summed E-state index contributed by atoms with van der Waals surface area (Å²) < 4.78 is 13.1. The van der Waals surface area contributed by atoms with Gasteiger partial charge in [-0.05, 0) is 19.2 Å². The molecular formula is C14H20N4O2. The lowest BCUT2D eigenvalue weighted by molar-refractivity contribution is -0.0267. The normalized spacial score (nSPS) is 20.4. The zero-order valence-corrected chi connectivity index (χ0v) is 11.9. The fraction of sp³-hybridized carbons (Fsp3) is 0.500. The van der Waals surface area contributed by atoms with Crippen LogP contribution in [-0.2, 0) is 11.3 Å². The number of hydrogen-bond acceptors (Lipinski definition) is 5. The van der Waals surface area contributed by atoms with Crippen LogP contribution in [0.2, 0.25) is 0 Å². The first-order valence-electron chi connectivity index (χ1n) is 6.77. The van der Waals surface area contributed by atoms with Gasteiger partial charge in [-0.3, -0.25) is 0 Å². The number of hydrogen-bond donors (Lipinski definition) is 1. The highest BCUT2D eigenvalue weighted by Gasteiger charge is 2.20. The van der Waals surface area contributed by atoms with Gasteiger partial charge in [-0.15, -0.1) is 0 Å². The van der Waals surface area contributed by atoms with Crippen LogP contribution in [0.1, 0.15) is 0 Å². The molecule has 1 fully saturated rings. The summed E-state index contributed by atoms with van der Waals surface area (Å²) in [6.45, 7) is 3.35. The number of benzene rings is 1. The highest BCUT2D eigenvalue weighted by atomic mass is 16.5. The first-order valence-corrected chi connectivity index (χ1v) is 6.77. The van der Waals surface area contributed by atoms with E-state index in [0.29, 0.717) is 12.5 Å². The Labute approximate surface area is 118 Å². The SMILES string of the molecule is COc1ccc2nc(N)n(CC3CN(C)CCO3)c2c1. The second kappa shape index (κ2) is 5.30. The van der Waals surface area contributed by atoms with E-state index in [0.717, 1.165) is 36.5 Å². The molecule has 3 rings (SSSR count). The molecule has 20 heavy (non-hydrogen) atoms. The Hall–Kier alpha value is -1.79. The number of nitrogen functional groups attached to an aromatic ring is 1. The fourth-order valence-corrected chi connectivity index (χ4v) is 2.62. The van der Waals surface area contributed by atoms with Crippen LogP contribution in [-0.4, -0.2) is 54.4 Å². The Balaban J connectivity index is 1.91. The Morgan fingerprint density at radius 2 is 2.35 bits per heavy atom. The van der Waals surface area contributed by atoms with Gasteiger partial charge in [0.1, 0.15) is 5.75 Å². The van der Waals surface area contributed by atoms with Crippen LogP contribution in [0.3, 0.4) is 0 Å². The molecule has 6 heteroatoms. The molecule has 0 saturated carbocycles. The van der Waals surface area contributed by atoms with Gasteiger partial charge in [-0.25, -0.2) is 4.98 Å². The van der Waals surface area contributed by atoms with Gasteiger partial charge in [0.05, 0.1) is 37.4 Å². The molecule has 1 aliphatic rings. The standard InChI is InChI=1S/C14H20N4O2/c1-17-5-6-20-11(8-17)9-18-13-7-10(19-2)3-4-12(13)16-14(18)15/h3-4,7,11H,5-6,8-9H2,1-2H3,(H2,15,16). The van der Waals surface area contributed by atoms with E-state index in [1.807, 2.05) is 22.8 Å². The van der Waals surface area contributed by atoms with Crippen molar-refractivity contribution in [2.75, 3.05) is 39.6 Å². The van der Waals surface area contributed by atoms with E-state index >= 15 is 0 Å². The Kier molecular flexibility index (Phi) is 3.50. The predicted molar refractivity (Wildman–Crippen MR) is 77.9 cm³/mol. The number of ether oxygens (including phenoxy) is 2. The van der Waals surface area contributed by atoms with Gasteiger partial charge in [0.15, 0.2) is 0 Å². The number of likely N-dealkylation sites (N-methyl/N-ethyl adjacent to an activating group) is 1. The minimum Gasteiger partial charge on any atom is -0.497 e. The Bertz CT molecular complexity index is 610. The van der Waals surface area contributed by atoms with Crippen LogP contribution in [0.5, 0.6) is 5.75 Å². The zero-order valence-electron chi connectivity index (χ0n) is 11.9. The van der Waals surface area contributed by atoms with E-state index in [2.05, 4.69) is 16.9 Å². The van der Waals surface area contributed by atoms with E-state index in [-0.39, 0.29) is 6.10 Å². The summed E-state index contributed by atoms with van der Waals surface area (Å²) in [6, 6.07) is 5.78. The molecule has 0 radical (unpaired) electrons. The molecule has 1 unspecified atom stereocenters. The lowest BCUT2D eigenvalue weighted by Crippen LogP contribution is -2.42. The monoisotopic (exact) mass is 276 g/mol. The first-order chi connectivity index (χ1) is 9.67. The third-order valence-corrected chi connectivity index (χ3v) is 3.71. The molecule has 0 aliphatic carbocycles. The third-order valence-electron chi connectivity index (χ3n) is 3.71. The number of imidazole rings is 1. The number of morpholine rings is 1. The number of anilines is 1. The van der Waals surface area contributed by atoms with Crippen molar-refractivity contribution < 1.29 is 9.47 Å². The summed E-state index contributed by atoms with van der Waals surface area (Å²) in [7, 11) is 3.76. The summed E-state index contributed by atoms with van der Waals surface area (Å²) in [4.78, 5) is 6.66. The summed E-state index contributed by atoms with van der Waals surface area (Å²) in [5.74, 6) is 1.32. The summed E-state index contributed by atoms with van der Waals surface area (Å²) in [5.41, 5.74) is 7.91. The lowest BCUT2D eigenvalue weighted by Gasteiger charge is -2.30. The number of methoxy groups -OCH3 is 1. The smallest absolute Gasteiger partial charge is 0.201 e. The molecule has 1 aromatic heterocycles. The maximum atomic E-state index is 6.04. The Morgan fingerprint density at radius 1 is 1.50 bits per heavy atom. The van der Waals surface area contributed by atoms with Gasteiger partial charge >= 0.3 is 0 Å². The number of aromatic nitrogens is 2. The fourth-order valence-electron chi connectivity index (χ4n) is 2.62. The maximum absolute atomic E-state index is 6.04. The summed E-state index contributed by atoms with van der Waals surface area (Å²) in [5, 5.41) is 0. The highest BCUT2D eigenvalue weighted by Crippen LogP contribution is 2.24. The van der Waals surface area contributed by atoms with Crippen molar-refractivity contribution in [2.45, 2.75) is 12.6 Å². The van der Waals surface area contributed by atoms with Gasteiger partial charge in [0.2, 0.25) is 5.95 Å². The predicted octanol–water partition coefficient (Wildman–Crippen LogP) is 0.958. The van der Waals surface area contributed by atoms with E-state index < -0.39 is 0 Å². The maximum Gasteiger partial charge on any atom is 0.201 e. The highest BCUT2D eigenvalue weighted by molar-refractivity contribution is 5.79. The van der Waals surface area contributed by atoms with Crippen LogP contribution < -0.4 is 10.5 Å². The summed E-state index contributed by atoms with van der Waals surface area (Å²) in [6.07, 6.45) is 0.139. The molecule has 108 valence electrons. The number of nitrogens with two attached hydrogens (primary N) is 1. The average molecular weight is 276 g/mol. The first kappa shape index (κ1) is 13.2. The van der Waals surface area contributed by atoms with Crippen molar-refractivity contribution >= 4 is 17.0 Å². The van der Waals surface area contributed by atoms with Gasteiger partial charge in [-0.2, -0.15) is 0 Å². The molecule has 1 aliphatic heterocycles. The lowest BCUT2D eigenvalue weighted by atomic mass is 10.2. The van der Waals surface area contributed by atoms with Crippen LogP contribution in [0.4, 0.5) is 5.95 Å². The number of rotatable bonds is 3. The molecule has 2 N–H and O–H groups in total. The van der Waals surface area contributed by atoms with Gasteiger partial charge < -0.3 is 24.7 Å². The van der Waals surface area contributed by atoms with Crippen molar-refractivity contribution in [3.8, 4) is 5.75 Å². The van der Waals surface area contributed by atoms with Crippen LogP contribution in [0.15, 0.2) is 18.2 Å². The molecule has 0 spiro atoms. The molecule has 2 heterocycles. The number of fused-ring (bicyclic) bond motifs is 1. The van der Waals surface area contributed by atoms with Gasteiger partial charge in [0, 0.05) is 19.2 Å². The second-order valence-corrected chi connectivity index (χ2v) is 5.19. The molecular weight excluding hydrogens is 256 g/mol. The minimum atomic E-state index is 0.139. The quantitative estimate of drug-likeness (QED) is 0.904. The molecule has 1 saturated heterocycles. The average Bonchev–Trinajstić information content (AvgIpc) is 2.74. The molecule has 0 bridgehead atoms. The van der Waals surface area contributed by atoms with Crippen molar-refractivity contribution in [3.05, 3.63) is 18.2 Å². The van der Waals surface area contributed by atoms with Crippen molar-refractivity contribution in [3.63, 3.8) is 0 Å². The van der Waals surface area contributed by atoms with Crippen molar-refractivity contribution in [2.24, 2.45) is 0 Å². The molecule has 2 aromatic rings. The van der Waals surface area contributed by atoms with Crippen LogP contribution >= 0.6 is 0 Å². The molecule has 1 atom stereocenters. The summed E-state index contributed by atoms with van der Waals surface area (Å²) >= 11 is 0.